The van der Waals surface area contributed by atoms with Crippen LogP contribution in [0.3, 0.4) is 0 Å². The number of aliphatic hydroxyl groups is 1. The molecule has 0 aliphatic heterocycles. The largest absolute Gasteiger partial charge is 0.393 e. The molecule has 1 nitrogen and oxygen atoms in total. The molecule has 0 radical (unpaired) electrons. The lowest BCUT2D eigenvalue weighted by Gasteiger charge is -2.09. The van der Waals surface area contributed by atoms with Crippen molar-refractivity contribution in [1.82, 2.24) is 0 Å². The first-order valence-electron chi connectivity index (χ1n) is 4.75. The van der Waals surface area contributed by atoms with E-state index in [0.29, 0.717) is 23.4 Å². The van der Waals surface area contributed by atoms with E-state index >= 15 is 0 Å². The molecule has 3 heteroatoms. The van der Waals surface area contributed by atoms with E-state index in [2.05, 4.69) is 0 Å². The molecule has 0 aliphatic rings. The second-order valence-electron chi connectivity index (χ2n) is 3.38. The zero-order valence-electron chi connectivity index (χ0n) is 8.13. The van der Waals surface area contributed by atoms with E-state index in [0.717, 1.165) is 6.42 Å². The summed E-state index contributed by atoms with van der Waals surface area (Å²) in [5, 5.41) is 9.88. The molecule has 1 atom stereocenters. The van der Waals surface area contributed by atoms with Crippen LogP contribution in [0.5, 0.6) is 0 Å². The topological polar surface area (TPSA) is 20.2 Å². The smallest absolute Gasteiger partial charge is 0.127 e. The minimum absolute atomic E-state index is 0.340. The second kappa shape index (κ2) is 5.32. The standard InChI is InChI=1S/C11H14ClFO/c1-2-3-10(14)6-8-4-5-9(12)7-11(8)13/h4-5,7,10,14H,2-3,6H2,1H3. The Bertz CT molecular complexity index is 301. The molecule has 0 spiro atoms. The number of hydrogen-bond donors (Lipinski definition) is 1. The molecule has 1 aromatic rings. The third-order valence-electron chi connectivity index (χ3n) is 2.09. The first-order chi connectivity index (χ1) is 6.63. The second-order valence-corrected chi connectivity index (χ2v) is 3.82. The quantitative estimate of drug-likeness (QED) is 0.820. The van der Waals surface area contributed by atoms with E-state index in [1.807, 2.05) is 6.92 Å². The highest BCUT2D eigenvalue weighted by Gasteiger charge is 2.08. The first kappa shape index (κ1) is 11.5. The summed E-state index contributed by atoms with van der Waals surface area (Å²) >= 11 is 5.61. The number of hydrogen-bond acceptors (Lipinski definition) is 1. The summed E-state index contributed by atoms with van der Waals surface area (Å²) in [6.45, 7) is 1.99. The Labute approximate surface area is 88.5 Å². The van der Waals surface area contributed by atoms with Crippen molar-refractivity contribution in [3.8, 4) is 0 Å². The molecule has 0 aliphatic carbocycles. The van der Waals surface area contributed by atoms with Crippen LogP contribution in [0.25, 0.3) is 0 Å². The van der Waals surface area contributed by atoms with Gasteiger partial charge in [-0.25, -0.2) is 4.39 Å². The summed E-state index contributed by atoms with van der Waals surface area (Å²) in [6.07, 6.45) is 1.49. The normalized spacial score (nSPS) is 12.9. The Morgan fingerprint density at radius 3 is 2.79 bits per heavy atom. The summed E-state index contributed by atoms with van der Waals surface area (Å²) < 4.78 is 13.3. The van der Waals surface area contributed by atoms with Crippen LogP contribution in [0, 0.1) is 5.82 Å². The van der Waals surface area contributed by atoms with Gasteiger partial charge in [0.25, 0.3) is 0 Å². The Morgan fingerprint density at radius 2 is 2.21 bits per heavy atom. The SMILES string of the molecule is CCCC(O)Cc1ccc(Cl)cc1F. The average Bonchev–Trinajstić information content (AvgIpc) is 2.10. The Balaban J connectivity index is 2.67. The molecule has 78 valence electrons. The maximum absolute atomic E-state index is 13.3. The Kier molecular flexibility index (Phi) is 4.36. The molecule has 0 heterocycles. The van der Waals surface area contributed by atoms with Crippen LogP contribution in [0.4, 0.5) is 4.39 Å². The molecule has 0 fully saturated rings. The summed E-state index contributed by atoms with van der Waals surface area (Å²) in [5.74, 6) is -0.340. The minimum Gasteiger partial charge on any atom is -0.393 e. The number of rotatable bonds is 4. The highest BCUT2D eigenvalue weighted by atomic mass is 35.5. The van der Waals surface area contributed by atoms with Gasteiger partial charge < -0.3 is 5.11 Å². The van der Waals surface area contributed by atoms with Crippen LogP contribution in [0.2, 0.25) is 5.02 Å². The van der Waals surface area contributed by atoms with E-state index in [1.165, 1.54) is 6.07 Å². The zero-order chi connectivity index (χ0) is 10.6. The van der Waals surface area contributed by atoms with E-state index in [4.69, 9.17) is 11.6 Å². The summed E-state index contributed by atoms with van der Waals surface area (Å²) in [5.41, 5.74) is 0.523. The third kappa shape index (κ3) is 3.28. The molecule has 0 amide bonds. The molecule has 1 N–H and O–H groups in total. The molecule has 1 unspecified atom stereocenters. The average molecular weight is 217 g/mol. The predicted molar refractivity (Wildman–Crippen MR) is 56.0 cm³/mol. The van der Waals surface area contributed by atoms with Gasteiger partial charge in [0.05, 0.1) is 6.10 Å². The van der Waals surface area contributed by atoms with E-state index < -0.39 is 6.10 Å². The van der Waals surface area contributed by atoms with Crippen molar-refractivity contribution in [3.05, 3.63) is 34.6 Å². The third-order valence-corrected chi connectivity index (χ3v) is 2.33. The van der Waals surface area contributed by atoms with E-state index in [-0.39, 0.29) is 5.82 Å². The highest BCUT2D eigenvalue weighted by molar-refractivity contribution is 6.30. The molecule has 0 bridgehead atoms. The van der Waals surface area contributed by atoms with Gasteiger partial charge in [0, 0.05) is 11.4 Å². The zero-order valence-corrected chi connectivity index (χ0v) is 8.89. The van der Waals surface area contributed by atoms with Crippen LogP contribution in [-0.4, -0.2) is 11.2 Å². The van der Waals surface area contributed by atoms with Gasteiger partial charge in [0.15, 0.2) is 0 Å². The fourth-order valence-corrected chi connectivity index (χ4v) is 1.54. The summed E-state index contributed by atoms with van der Waals surface area (Å²) in [7, 11) is 0. The molecular weight excluding hydrogens is 203 g/mol. The Morgan fingerprint density at radius 1 is 1.50 bits per heavy atom. The highest BCUT2D eigenvalue weighted by Crippen LogP contribution is 2.16. The molecule has 0 aromatic heterocycles. The van der Waals surface area contributed by atoms with Gasteiger partial charge in [-0.1, -0.05) is 31.0 Å². The van der Waals surface area contributed by atoms with Crippen molar-refractivity contribution in [2.45, 2.75) is 32.3 Å². The van der Waals surface area contributed by atoms with Crippen molar-refractivity contribution in [3.63, 3.8) is 0 Å². The number of aliphatic hydroxyl groups excluding tert-OH is 1. The number of benzene rings is 1. The first-order valence-corrected chi connectivity index (χ1v) is 5.13. The van der Waals surface area contributed by atoms with Crippen LogP contribution in [0.1, 0.15) is 25.3 Å². The minimum atomic E-state index is -0.462. The molecule has 0 saturated carbocycles. The van der Waals surface area contributed by atoms with E-state index in [1.54, 1.807) is 12.1 Å². The summed E-state index contributed by atoms with van der Waals surface area (Å²) in [6, 6.07) is 4.53. The van der Waals surface area contributed by atoms with Gasteiger partial charge in [-0.05, 0) is 24.1 Å². The van der Waals surface area contributed by atoms with Crippen molar-refractivity contribution in [2.75, 3.05) is 0 Å². The lowest BCUT2D eigenvalue weighted by molar-refractivity contribution is 0.162. The van der Waals surface area contributed by atoms with Crippen molar-refractivity contribution in [1.29, 1.82) is 0 Å². The number of halogens is 2. The fourth-order valence-electron chi connectivity index (χ4n) is 1.38. The lowest BCUT2D eigenvalue weighted by Crippen LogP contribution is -2.10. The maximum atomic E-state index is 13.3. The van der Waals surface area contributed by atoms with Crippen molar-refractivity contribution < 1.29 is 9.50 Å². The van der Waals surface area contributed by atoms with Crippen LogP contribution < -0.4 is 0 Å². The molecular formula is C11H14ClFO. The van der Waals surface area contributed by atoms with Crippen LogP contribution in [-0.2, 0) is 6.42 Å². The van der Waals surface area contributed by atoms with Gasteiger partial charge in [0.1, 0.15) is 5.82 Å². The van der Waals surface area contributed by atoms with Gasteiger partial charge in [-0.3, -0.25) is 0 Å². The molecule has 1 rings (SSSR count). The van der Waals surface area contributed by atoms with Gasteiger partial charge >= 0.3 is 0 Å². The van der Waals surface area contributed by atoms with Crippen LogP contribution in [0.15, 0.2) is 18.2 Å². The van der Waals surface area contributed by atoms with Gasteiger partial charge in [0.2, 0.25) is 0 Å². The van der Waals surface area contributed by atoms with Gasteiger partial charge in [-0.15, -0.1) is 0 Å². The monoisotopic (exact) mass is 216 g/mol. The van der Waals surface area contributed by atoms with E-state index in [9.17, 15) is 9.50 Å². The molecule has 0 saturated heterocycles. The van der Waals surface area contributed by atoms with Crippen molar-refractivity contribution in [2.24, 2.45) is 0 Å². The summed E-state index contributed by atoms with van der Waals surface area (Å²) in [4.78, 5) is 0. The fraction of sp³-hybridized carbons (Fsp3) is 0.455. The maximum Gasteiger partial charge on any atom is 0.127 e. The van der Waals surface area contributed by atoms with Crippen LogP contribution >= 0.6 is 11.6 Å². The molecule has 14 heavy (non-hydrogen) atoms. The van der Waals surface area contributed by atoms with Crippen molar-refractivity contribution >= 4 is 11.6 Å². The predicted octanol–water partition coefficient (Wildman–Crippen LogP) is 3.18. The van der Waals surface area contributed by atoms with Gasteiger partial charge in [-0.2, -0.15) is 0 Å². The Hall–Kier alpha value is -0.600. The molecule has 1 aromatic carbocycles. The lowest BCUT2D eigenvalue weighted by atomic mass is 10.0.